The molecule has 0 saturated heterocycles. The van der Waals surface area contributed by atoms with Gasteiger partial charge in [0.05, 0.1) is 0 Å². The van der Waals surface area contributed by atoms with Crippen molar-refractivity contribution >= 4 is 17.9 Å². The van der Waals surface area contributed by atoms with Crippen molar-refractivity contribution in [2.24, 2.45) is 0 Å². The standard InChI is InChI=1S/C74H134O6/c1-4-7-10-13-16-19-22-25-27-29-30-31-32-33-34-35-36-37-38-39-40-41-42-43-44-45-47-49-52-55-58-61-64-67-73(76)79-70-71(69-78-72(75)66-63-60-57-54-51-48-24-21-18-15-12-9-6-3)80-74(77)68-65-62-59-56-53-50-46-28-26-23-20-17-14-11-8-5-2/h20,22-23,25,28-30,32-33,46,71H,4-19,21,24,26-27,31,34-45,47-70H2,1-3H3/b23-20-,25-22-,30-29-,33-32-,46-28-. The van der Waals surface area contributed by atoms with Crippen LogP contribution in [0.2, 0.25) is 0 Å². The lowest BCUT2D eigenvalue weighted by molar-refractivity contribution is -0.167. The molecule has 80 heavy (non-hydrogen) atoms. The Kier molecular flexibility index (Phi) is 66.1. The maximum Gasteiger partial charge on any atom is 0.306 e. The van der Waals surface area contributed by atoms with Gasteiger partial charge in [-0.1, -0.05) is 326 Å². The van der Waals surface area contributed by atoms with Crippen LogP contribution in [0.25, 0.3) is 0 Å². The largest absolute Gasteiger partial charge is 0.462 e. The molecule has 0 spiro atoms. The van der Waals surface area contributed by atoms with Crippen molar-refractivity contribution in [1.82, 2.24) is 0 Å². The van der Waals surface area contributed by atoms with Gasteiger partial charge in [0.2, 0.25) is 0 Å². The Labute approximate surface area is 498 Å². The maximum atomic E-state index is 12.9. The second kappa shape index (κ2) is 68.6. The van der Waals surface area contributed by atoms with Gasteiger partial charge >= 0.3 is 17.9 Å². The molecule has 6 nitrogen and oxygen atoms in total. The predicted molar refractivity (Wildman–Crippen MR) is 348 cm³/mol. The first kappa shape index (κ1) is 77.1. The first-order valence-corrected chi connectivity index (χ1v) is 35.3. The lowest BCUT2D eigenvalue weighted by atomic mass is 10.0. The Morgan fingerprint density at radius 3 is 0.713 bits per heavy atom. The number of carbonyl (C=O) groups is 3. The van der Waals surface area contributed by atoms with Crippen LogP contribution in [0.15, 0.2) is 60.8 Å². The molecule has 0 aromatic rings. The highest BCUT2D eigenvalue weighted by atomic mass is 16.6. The molecule has 0 bridgehead atoms. The van der Waals surface area contributed by atoms with E-state index in [9.17, 15) is 14.4 Å². The molecule has 0 N–H and O–H groups in total. The number of carbonyl (C=O) groups excluding carboxylic acids is 3. The fourth-order valence-electron chi connectivity index (χ4n) is 10.4. The van der Waals surface area contributed by atoms with Crippen molar-refractivity contribution in [3.63, 3.8) is 0 Å². The molecule has 0 aromatic heterocycles. The minimum atomic E-state index is -0.779. The molecule has 0 aliphatic heterocycles. The third-order valence-corrected chi connectivity index (χ3v) is 15.7. The molecule has 0 amide bonds. The number of hydrogen-bond acceptors (Lipinski definition) is 6. The molecule has 0 saturated carbocycles. The van der Waals surface area contributed by atoms with Crippen LogP contribution in [0.3, 0.4) is 0 Å². The van der Waals surface area contributed by atoms with E-state index >= 15 is 0 Å². The van der Waals surface area contributed by atoms with Gasteiger partial charge in [-0.25, -0.2) is 0 Å². The summed E-state index contributed by atoms with van der Waals surface area (Å²) in [7, 11) is 0. The third kappa shape index (κ3) is 65.9. The summed E-state index contributed by atoms with van der Waals surface area (Å²) in [6, 6.07) is 0. The summed E-state index contributed by atoms with van der Waals surface area (Å²) in [5.74, 6) is -0.866. The first-order chi connectivity index (χ1) is 39.5. The van der Waals surface area contributed by atoms with Gasteiger partial charge in [-0.3, -0.25) is 14.4 Å². The van der Waals surface area contributed by atoms with Crippen LogP contribution >= 0.6 is 0 Å². The average Bonchev–Trinajstić information content (AvgIpc) is 3.46. The Hall–Kier alpha value is -2.89. The smallest absolute Gasteiger partial charge is 0.306 e. The van der Waals surface area contributed by atoms with Gasteiger partial charge in [-0.15, -0.1) is 0 Å². The lowest BCUT2D eigenvalue weighted by Gasteiger charge is -2.18. The Morgan fingerprint density at radius 1 is 0.250 bits per heavy atom. The zero-order valence-corrected chi connectivity index (χ0v) is 53.6. The molecule has 466 valence electrons. The molecule has 0 aliphatic carbocycles. The van der Waals surface area contributed by atoms with Gasteiger partial charge in [-0.2, -0.15) is 0 Å². The normalized spacial score (nSPS) is 12.4. The summed E-state index contributed by atoms with van der Waals surface area (Å²) in [6.45, 7) is 6.65. The summed E-state index contributed by atoms with van der Waals surface area (Å²) in [4.78, 5) is 38.3. The van der Waals surface area contributed by atoms with E-state index < -0.39 is 6.10 Å². The van der Waals surface area contributed by atoms with Gasteiger partial charge in [0, 0.05) is 19.3 Å². The second-order valence-electron chi connectivity index (χ2n) is 23.8. The van der Waals surface area contributed by atoms with Crippen LogP contribution < -0.4 is 0 Å². The first-order valence-electron chi connectivity index (χ1n) is 35.3. The monoisotopic (exact) mass is 1120 g/mol. The third-order valence-electron chi connectivity index (χ3n) is 15.7. The number of hydrogen-bond donors (Lipinski definition) is 0. The van der Waals surface area contributed by atoms with Crippen molar-refractivity contribution in [1.29, 1.82) is 0 Å². The number of ether oxygens (including phenoxy) is 3. The zero-order valence-electron chi connectivity index (χ0n) is 53.6. The fourth-order valence-corrected chi connectivity index (χ4v) is 10.4. The van der Waals surface area contributed by atoms with Crippen LogP contribution in [-0.2, 0) is 28.6 Å². The van der Waals surface area contributed by atoms with E-state index in [0.29, 0.717) is 19.3 Å². The Balaban J connectivity index is 4.14. The van der Waals surface area contributed by atoms with Crippen LogP contribution in [0.1, 0.15) is 374 Å². The topological polar surface area (TPSA) is 78.9 Å². The van der Waals surface area contributed by atoms with E-state index in [1.807, 2.05) is 0 Å². The average molecular weight is 1120 g/mol. The SMILES string of the molecule is CCCCCC/C=C\C/C=C\CCCCCCCC(=O)OC(COC(=O)CCCCCCCCCCCCCCC)COC(=O)CCCCCCCCCCCCCCCCCCCC/C=C\C/C=C\C/C=C\CCCCCCC. The van der Waals surface area contributed by atoms with Crippen molar-refractivity contribution in [3.8, 4) is 0 Å². The zero-order chi connectivity index (χ0) is 57.8. The minimum absolute atomic E-state index is 0.0747. The summed E-state index contributed by atoms with van der Waals surface area (Å²) in [5.41, 5.74) is 0. The second-order valence-corrected chi connectivity index (χ2v) is 23.8. The predicted octanol–water partition coefficient (Wildman–Crippen LogP) is 24.3. The highest BCUT2D eigenvalue weighted by Gasteiger charge is 2.19. The van der Waals surface area contributed by atoms with Gasteiger partial charge in [0.1, 0.15) is 13.2 Å². The van der Waals surface area contributed by atoms with Gasteiger partial charge < -0.3 is 14.2 Å². The highest BCUT2D eigenvalue weighted by Crippen LogP contribution is 2.18. The molecule has 0 rings (SSSR count). The maximum absolute atomic E-state index is 12.9. The molecule has 0 aliphatic rings. The highest BCUT2D eigenvalue weighted by molar-refractivity contribution is 5.71. The van der Waals surface area contributed by atoms with Crippen LogP contribution in [0.4, 0.5) is 0 Å². The number of esters is 3. The number of allylic oxidation sites excluding steroid dienone is 10. The molecule has 1 atom stereocenters. The molecule has 0 heterocycles. The number of rotatable bonds is 65. The molecular weight excluding hydrogens is 985 g/mol. The van der Waals surface area contributed by atoms with Crippen LogP contribution in [-0.4, -0.2) is 37.2 Å². The molecule has 6 heteroatoms. The summed E-state index contributed by atoms with van der Waals surface area (Å²) >= 11 is 0. The van der Waals surface area contributed by atoms with Gasteiger partial charge in [-0.05, 0) is 89.9 Å². The summed E-state index contributed by atoms with van der Waals surface area (Å²) in [5, 5.41) is 0. The van der Waals surface area contributed by atoms with Crippen molar-refractivity contribution in [2.75, 3.05) is 13.2 Å². The van der Waals surface area contributed by atoms with Crippen molar-refractivity contribution in [2.45, 2.75) is 380 Å². The number of unbranched alkanes of at least 4 members (excludes halogenated alkanes) is 44. The van der Waals surface area contributed by atoms with E-state index in [-0.39, 0.29) is 31.1 Å². The molecule has 0 radical (unpaired) electrons. The van der Waals surface area contributed by atoms with Crippen LogP contribution in [0, 0.1) is 0 Å². The van der Waals surface area contributed by atoms with Gasteiger partial charge in [0.25, 0.3) is 0 Å². The molecule has 1 unspecified atom stereocenters. The van der Waals surface area contributed by atoms with E-state index in [1.54, 1.807) is 0 Å². The minimum Gasteiger partial charge on any atom is -0.462 e. The summed E-state index contributed by atoms with van der Waals surface area (Å²) in [6.07, 6.45) is 88.3. The molecule has 0 aromatic carbocycles. The fraction of sp³-hybridized carbons (Fsp3) is 0.824. The van der Waals surface area contributed by atoms with Crippen LogP contribution in [0.5, 0.6) is 0 Å². The Morgan fingerprint density at radius 2 is 0.450 bits per heavy atom. The lowest BCUT2D eigenvalue weighted by Crippen LogP contribution is -2.30. The van der Waals surface area contributed by atoms with E-state index in [2.05, 4.69) is 81.5 Å². The van der Waals surface area contributed by atoms with E-state index in [4.69, 9.17) is 14.2 Å². The summed E-state index contributed by atoms with van der Waals surface area (Å²) < 4.78 is 16.9. The quantitative estimate of drug-likeness (QED) is 0.0261. The van der Waals surface area contributed by atoms with Crippen molar-refractivity contribution < 1.29 is 28.6 Å². The van der Waals surface area contributed by atoms with Gasteiger partial charge in [0.15, 0.2) is 6.10 Å². The van der Waals surface area contributed by atoms with Crippen molar-refractivity contribution in [3.05, 3.63) is 60.8 Å². The Bertz CT molecular complexity index is 1430. The molecule has 0 fully saturated rings. The molecular formula is C74H134O6. The van der Waals surface area contributed by atoms with E-state index in [1.165, 1.54) is 238 Å². The van der Waals surface area contributed by atoms with E-state index in [0.717, 1.165) is 96.3 Å².